The van der Waals surface area contributed by atoms with E-state index in [4.69, 9.17) is 5.73 Å². The fourth-order valence-corrected chi connectivity index (χ4v) is 3.23. The van der Waals surface area contributed by atoms with Crippen molar-refractivity contribution in [3.63, 3.8) is 0 Å². The van der Waals surface area contributed by atoms with Crippen molar-refractivity contribution in [2.45, 2.75) is 20.3 Å². The van der Waals surface area contributed by atoms with Crippen LogP contribution in [0.1, 0.15) is 18.9 Å². The van der Waals surface area contributed by atoms with Gasteiger partial charge in [-0.05, 0) is 78.2 Å². The predicted octanol–water partition coefficient (Wildman–Crippen LogP) is 2.63. The molecule has 1 aliphatic rings. The van der Waals surface area contributed by atoms with Gasteiger partial charge in [-0.1, -0.05) is 6.92 Å². The van der Waals surface area contributed by atoms with Gasteiger partial charge in [0.15, 0.2) is 0 Å². The van der Waals surface area contributed by atoms with Crippen molar-refractivity contribution < 1.29 is 4.79 Å². The molecular formula is C15H23ClIN3O. The number of carbonyl (C=O) groups is 1. The van der Waals surface area contributed by atoms with Gasteiger partial charge in [-0.3, -0.25) is 9.69 Å². The molecule has 0 radical (unpaired) electrons. The molecule has 3 N–H and O–H groups in total. The first-order valence-electron chi connectivity index (χ1n) is 6.90. The van der Waals surface area contributed by atoms with Crippen LogP contribution < -0.4 is 11.1 Å². The standard InChI is InChI=1S/C15H22IN3O.ClH/c1-11-7-12(16)3-4-13(11)18-14(20)8-19-6-5-15(2,9-17)10-19;/h3-4,7H,5-6,8-10,17H2,1-2H3,(H,18,20);1H. The number of nitrogens with two attached hydrogens (primary N) is 1. The number of nitrogens with one attached hydrogen (secondary N) is 1. The topological polar surface area (TPSA) is 58.4 Å². The summed E-state index contributed by atoms with van der Waals surface area (Å²) < 4.78 is 1.18. The van der Waals surface area contributed by atoms with E-state index in [0.717, 1.165) is 30.8 Å². The maximum atomic E-state index is 12.1. The van der Waals surface area contributed by atoms with E-state index in [0.29, 0.717) is 13.1 Å². The second-order valence-corrected chi connectivity index (χ2v) is 7.23. The molecule has 1 aliphatic heterocycles. The summed E-state index contributed by atoms with van der Waals surface area (Å²) in [4.78, 5) is 14.3. The summed E-state index contributed by atoms with van der Waals surface area (Å²) in [6.07, 6.45) is 1.07. The number of benzene rings is 1. The first kappa shape index (κ1) is 18.7. The van der Waals surface area contributed by atoms with E-state index in [2.05, 4.69) is 45.8 Å². The summed E-state index contributed by atoms with van der Waals surface area (Å²) in [5, 5.41) is 2.99. The highest BCUT2D eigenvalue weighted by atomic mass is 127. The molecule has 0 aromatic heterocycles. The van der Waals surface area contributed by atoms with E-state index in [1.165, 1.54) is 3.57 Å². The van der Waals surface area contributed by atoms with E-state index in [1.54, 1.807) is 0 Å². The van der Waals surface area contributed by atoms with Gasteiger partial charge in [0, 0.05) is 15.8 Å². The Kier molecular flexibility index (Phi) is 6.90. The molecule has 21 heavy (non-hydrogen) atoms. The molecule has 1 amide bonds. The van der Waals surface area contributed by atoms with E-state index < -0.39 is 0 Å². The van der Waals surface area contributed by atoms with E-state index in [1.807, 2.05) is 19.1 Å². The van der Waals surface area contributed by atoms with Gasteiger partial charge in [0.25, 0.3) is 0 Å². The Bertz CT molecular complexity index is 512. The summed E-state index contributed by atoms with van der Waals surface area (Å²) in [5.74, 6) is 0.0515. The van der Waals surface area contributed by atoms with Crippen molar-refractivity contribution in [3.8, 4) is 0 Å². The van der Waals surface area contributed by atoms with Crippen LogP contribution in [0.5, 0.6) is 0 Å². The van der Waals surface area contributed by atoms with Crippen LogP contribution in [0.25, 0.3) is 0 Å². The summed E-state index contributed by atoms with van der Waals surface area (Å²) in [6, 6.07) is 6.03. The Hall–Kier alpha value is -0.370. The number of anilines is 1. The highest BCUT2D eigenvalue weighted by Gasteiger charge is 2.33. The molecule has 0 spiro atoms. The van der Waals surface area contributed by atoms with Crippen molar-refractivity contribution >= 4 is 46.6 Å². The van der Waals surface area contributed by atoms with E-state index in [-0.39, 0.29) is 23.7 Å². The molecule has 1 aromatic carbocycles. The summed E-state index contributed by atoms with van der Waals surface area (Å²) in [5.41, 5.74) is 7.95. The van der Waals surface area contributed by atoms with Crippen molar-refractivity contribution in [1.82, 2.24) is 4.90 Å². The molecule has 0 saturated carbocycles. The molecule has 1 aromatic rings. The first-order chi connectivity index (χ1) is 9.42. The number of rotatable bonds is 4. The highest BCUT2D eigenvalue weighted by molar-refractivity contribution is 14.1. The molecular weight excluding hydrogens is 401 g/mol. The Balaban J connectivity index is 0.00000220. The van der Waals surface area contributed by atoms with Crippen LogP contribution in [-0.2, 0) is 4.79 Å². The molecule has 1 heterocycles. The number of hydrogen-bond donors (Lipinski definition) is 2. The van der Waals surface area contributed by atoms with Crippen LogP contribution in [-0.4, -0.2) is 37.0 Å². The zero-order chi connectivity index (χ0) is 14.8. The Labute approximate surface area is 146 Å². The quantitative estimate of drug-likeness (QED) is 0.732. The van der Waals surface area contributed by atoms with Crippen molar-refractivity contribution in [2.24, 2.45) is 11.1 Å². The second kappa shape index (κ2) is 7.76. The third-order valence-corrected chi connectivity index (χ3v) is 4.63. The van der Waals surface area contributed by atoms with Gasteiger partial charge in [0.05, 0.1) is 6.54 Å². The van der Waals surface area contributed by atoms with Crippen LogP contribution >= 0.6 is 35.0 Å². The summed E-state index contributed by atoms with van der Waals surface area (Å²) >= 11 is 2.27. The Morgan fingerprint density at radius 2 is 2.24 bits per heavy atom. The Morgan fingerprint density at radius 3 is 2.81 bits per heavy atom. The van der Waals surface area contributed by atoms with Crippen LogP contribution in [0, 0.1) is 15.9 Å². The second-order valence-electron chi connectivity index (χ2n) is 5.98. The van der Waals surface area contributed by atoms with Crippen LogP contribution in [0.2, 0.25) is 0 Å². The maximum absolute atomic E-state index is 12.1. The minimum Gasteiger partial charge on any atom is -0.330 e. The monoisotopic (exact) mass is 423 g/mol. The van der Waals surface area contributed by atoms with Crippen LogP contribution in [0.4, 0.5) is 5.69 Å². The van der Waals surface area contributed by atoms with Gasteiger partial charge < -0.3 is 11.1 Å². The third-order valence-electron chi connectivity index (χ3n) is 3.96. The number of aryl methyl sites for hydroxylation is 1. The molecule has 1 fully saturated rings. The lowest BCUT2D eigenvalue weighted by Crippen LogP contribution is -2.35. The normalized spacial score (nSPS) is 21.9. The summed E-state index contributed by atoms with van der Waals surface area (Å²) in [7, 11) is 0. The largest absolute Gasteiger partial charge is 0.330 e. The molecule has 0 bridgehead atoms. The van der Waals surface area contributed by atoms with Crippen LogP contribution in [0.3, 0.4) is 0 Å². The van der Waals surface area contributed by atoms with Crippen molar-refractivity contribution in [1.29, 1.82) is 0 Å². The molecule has 0 aliphatic carbocycles. The number of hydrogen-bond acceptors (Lipinski definition) is 3. The molecule has 6 heteroatoms. The average molecular weight is 424 g/mol. The van der Waals surface area contributed by atoms with Gasteiger partial charge in [0.1, 0.15) is 0 Å². The number of halogens is 2. The lowest BCUT2D eigenvalue weighted by molar-refractivity contribution is -0.117. The smallest absolute Gasteiger partial charge is 0.238 e. The predicted molar refractivity (Wildman–Crippen MR) is 98.0 cm³/mol. The van der Waals surface area contributed by atoms with Gasteiger partial charge in [-0.25, -0.2) is 0 Å². The number of amides is 1. The van der Waals surface area contributed by atoms with Crippen molar-refractivity contribution in [2.75, 3.05) is 31.5 Å². The zero-order valence-corrected chi connectivity index (χ0v) is 15.5. The lowest BCUT2D eigenvalue weighted by atomic mass is 9.90. The molecule has 2 rings (SSSR count). The first-order valence-corrected chi connectivity index (χ1v) is 7.98. The van der Waals surface area contributed by atoms with E-state index >= 15 is 0 Å². The number of likely N-dealkylation sites (tertiary alicyclic amines) is 1. The third kappa shape index (κ3) is 5.09. The summed E-state index contributed by atoms with van der Waals surface area (Å²) in [6.45, 7) is 7.19. The fraction of sp³-hybridized carbons (Fsp3) is 0.533. The molecule has 4 nitrogen and oxygen atoms in total. The number of nitrogens with zero attached hydrogens (tertiary/aromatic N) is 1. The molecule has 1 atom stereocenters. The van der Waals surface area contributed by atoms with Gasteiger partial charge >= 0.3 is 0 Å². The van der Waals surface area contributed by atoms with E-state index in [9.17, 15) is 4.79 Å². The highest BCUT2D eigenvalue weighted by Crippen LogP contribution is 2.28. The Morgan fingerprint density at radius 1 is 1.52 bits per heavy atom. The van der Waals surface area contributed by atoms with Gasteiger partial charge in [-0.15, -0.1) is 12.4 Å². The number of carbonyl (C=O) groups excluding carboxylic acids is 1. The minimum absolute atomic E-state index is 0. The average Bonchev–Trinajstić information content (AvgIpc) is 2.75. The van der Waals surface area contributed by atoms with Gasteiger partial charge in [0.2, 0.25) is 5.91 Å². The minimum atomic E-state index is 0. The van der Waals surface area contributed by atoms with Gasteiger partial charge in [-0.2, -0.15) is 0 Å². The fourth-order valence-electron chi connectivity index (χ4n) is 2.59. The maximum Gasteiger partial charge on any atom is 0.238 e. The molecule has 1 saturated heterocycles. The molecule has 118 valence electrons. The van der Waals surface area contributed by atoms with Crippen LogP contribution in [0.15, 0.2) is 18.2 Å². The molecule has 1 unspecified atom stereocenters. The van der Waals surface area contributed by atoms with Crippen molar-refractivity contribution in [3.05, 3.63) is 27.3 Å². The zero-order valence-electron chi connectivity index (χ0n) is 12.5. The SMILES string of the molecule is Cc1cc(I)ccc1NC(=O)CN1CCC(C)(CN)C1.Cl. The lowest BCUT2D eigenvalue weighted by Gasteiger charge is -2.22.